The number of ether oxygens (including phenoxy) is 2. The number of carboxylic acids is 1. The van der Waals surface area contributed by atoms with Gasteiger partial charge < -0.3 is 50.8 Å². The topological polar surface area (TPSA) is 311 Å². The summed E-state index contributed by atoms with van der Waals surface area (Å²) in [6.45, 7) is 8.00. The number of carbonyl (C=O) groups is 9. The number of esters is 1. The summed E-state index contributed by atoms with van der Waals surface area (Å²) in [6.07, 6.45) is 3.40. The molecule has 5 heterocycles. The first-order chi connectivity index (χ1) is 37.6. The molecule has 0 fully saturated rings. The Bertz CT molecular complexity index is 3250. The van der Waals surface area contributed by atoms with E-state index in [2.05, 4.69) is 26.6 Å². The van der Waals surface area contributed by atoms with Gasteiger partial charge in [-0.1, -0.05) is 45.7 Å². The SMILES string of the molecule is CCC[C@@]1(O)C(=O)OCc2c1cc1n(c2=O)Cc2c-1nc1cc(F)c(C)c3c1c2[C@@H](NC(=O)OCc1ccc(NC(=O)[C@H](C)NC(=O)[C@@H](NC(=O)[C@H](CCC(=O)O)NC(=O)CCCCCN2C(=O)C=CC2=O)C(C)C)cc1)CC3. The number of carboxylic acid groups (broad SMARTS) is 1. The van der Waals surface area contributed by atoms with Gasteiger partial charge in [0.05, 0.1) is 35.1 Å². The van der Waals surface area contributed by atoms with Crippen molar-refractivity contribution in [3.05, 3.63) is 104 Å². The van der Waals surface area contributed by atoms with Gasteiger partial charge in [0.15, 0.2) is 5.60 Å². The Morgan fingerprint density at radius 3 is 2.30 bits per heavy atom. The number of benzene rings is 2. The molecule has 0 unspecified atom stereocenters. The van der Waals surface area contributed by atoms with Crippen molar-refractivity contribution in [2.24, 2.45) is 5.92 Å². The molecule has 4 aliphatic rings. The number of alkyl carbamates (subject to hydrolysis) is 1. The summed E-state index contributed by atoms with van der Waals surface area (Å²) in [4.78, 5) is 135. The largest absolute Gasteiger partial charge is 0.481 e. The van der Waals surface area contributed by atoms with E-state index in [9.17, 15) is 58.2 Å². The second-order valence-electron chi connectivity index (χ2n) is 20.7. The molecule has 0 radical (unpaired) electrons. The van der Waals surface area contributed by atoms with E-state index in [0.29, 0.717) is 88.8 Å². The lowest BCUT2D eigenvalue weighted by molar-refractivity contribution is -0.172. The van der Waals surface area contributed by atoms with Crippen molar-refractivity contribution in [3.8, 4) is 11.4 Å². The van der Waals surface area contributed by atoms with Crippen LogP contribution >= 0.6 is 0 Å². The van der Waals surface area contributed by atoms with Crippen LogP contribution in [0.5, 0.6) is 0 Å². The smallest absolute Gasteiger partial charge is 0.407 e. The van der Waals surface area contributed by atoms with Crippen LogP contribution in [0.4, 0.5) is 14.9 Å². The van der Waals surface area contributed by atoms with E-state index in [0.717, 1.165) is 10.5 Å². The highest BCUT2D eigenvalue weighted by atomic mass is 19.1. The van der Waals surface area contributed by atoms with Crippen molar-refractivity contribution < 1.29 is 67.2 Å². The second kappa shape index (κ2) is 23.7. The fourth-order valence-corrected chi connectivity index (χ4v) is 10.6. The quantitative estimate of drug-likeness (QED) is 0.0290. The number of anilines is 1. The average molecular weight is 1090 g/mol. The first-order valence-electron chi connectivity index (χ1n) is 26.4. The van der Waals surface area contributed by atoms with Gasteiger partial charge in [0.1, 0.15) is 37.2 Å². The number of halogens is 1. The predicted octanol–water partition coefficient (Wildman–Crippen LogP) is 4.25. The van der Waals surface area contributed by atoms with Crippen molar-refractivity contribution in [1.82, 2.24) is 35.7 Å². The number of aromatic nitrogens is 2. The number of aliphatic carboxylic acids is 1. The van der Waals surface area contributed by atoms with Crippen LogP contribution in [0.1, 0.15) is 130 Å². The number of pyridine rings is 2. The number of imide groups is 1. The van der Waals surface area contributed by atoms with Crippen LogP contribution in [0.3, 0.4) is 0 Å². The molecule has 0 bridgehead atoms. The Balaban J connectivity index is 0.857. The van der Waals surface area contributed by atoms with E-state index in [1.807, 2.05) is 0 Å². The minimum atomic E-state index is -2.04. The fourth-order valence-electron chi connectivity index (χ4n) is 10.6. The third-order valence-electron chi connectivity index (χ3n) is 14.8. The van der Waals surface area contributed by atoms with Gasteiger partial charge in [0.2, 0.25) is 23.6 Å². The summed E-state index contributed by atoms with van der Waals surface area (Å²) < 4.78 is 27.9. The summed E-state index contributed by atoms with van der Waals surface area (Å²) in [5.74, 6) is -6.47. The number of cyclic esters (lactones) is 1. The molecule has 79 heavy (non-hydrogen) atoms. The predicted molar refractivity (Wildman–Crippen MR) is 281 cm³/mol. The van der Waals surface area contributed by atoms with Crippen molar-refractivity contribution in [2.45, 2.75) is 148 Å². The standard InChI is InChI=1S/C56H63FN8O14/c1-6-21-56(77)36-23-41-49-34(25-65(41)53(74)35(36)27-78-54(56)75)47-38(16-15-33-29(4)37(57)24-40(61-49)46(33)47)62-55(76)79-26-31-11-13-32(14-12-31)59-50(71)30(5)58-52(73)48(28(2)3)63-51(72)39(17-20-45(69)70)60-42(66)10-8-7-9-22-64-43(67)18-19-44(64)68/h11-14,18-19,23-24,28,30,38-39,48,77H,6-10,15-17,20-22,25-27H2,1-5H3,(H,58,73)(H,59,71)(H,60,66)(H,62,76)(H,63,72)(H,69,70)/t30-,38-,39-,48-,56-/m0/s1. The first-order valence-corrected chi connectivity index (χ1v) is 26.4. The molecule has 4 aromatic rings. The van der Waals surface area contributed by atoms with Gasteiger partial charge in [-0.3, -0.25) is 43.3 Å². The van der Waals surface area contributed by atoms with Crippen LogP contribution in [-0.4, -0.2) is 103 Å². The van der Waals surface area contributed by atoms with Gasteiger partial charge >= 0.3 is 18.0 Å². The number of aryl methyl sites for hydroxylation is 1. The minimum absolute atomic E-state index is 0.0199. The van der Waals surface area contributed by atoms with Crippen molar-refractivity contribution in [1.29, 1.82) is 0 Å². The molecule has 23 heteroatoms. The van der Waals surface area contributed by atoms with Gasteiger partial charge in [0, 0.05) is 59.8 Å². The number of carbonyl (C=O) groups excluding carboxylic acids is 8. The molecule has 0 spiro atoms. The van der Waals surface area contributed by atoms with E-state index in [-0.39, 0.29) is 56.7 Å². The lowest BCUT2D eigenvalue weighted by Crippen LogP contribution is -2.57. The molecule has 7 amide bonds. The normalized spacial score (nSPS) is 18.0. The Hall–Kier alpha value is -8.34. The summed E-state index contributed by atoms with van der Waals surface area (Å²) in [5.41, 5.74) is 2.20. The van der Waals surface area contributed by atoms with Crippen LogP contribution in [0.15, 0.2) is 53.3 Å². The number of aliphatic hydroxyl groups is 1. The van der Waals surface area contributed by atoms with E-state index >= 15 is 4.39 Å². The molecule has 418 valence electrons. The molecule has 5 atom stereocenters. The number of nitrogens with one attached hydrogen (secondary N) is 5. The molecule has 0 saturated heterocycles. The zero-order chi connectivity index (χ0) is 57.0. The summed E-state index contributed by atoms with van der Waals surface area (Å²) in [5, 5.41) is 35.0. The highest BCUT2D eigenvalue weighted by Gasteiger charge is 2.47. The lowest BCUT2D eigenvalue weighted by Gasteiger charge is -2.32. The Morgan fingerprint density at radius 1 is 0.899 bits per heavy atom. The maximum atomic E-state index is 15.4. The number of amides is 7. The Kier molecular flexibility index (Phi) is 17.1. The van der Waals surface area contributed by atoms with E-state index in [4.69, 9.17) is 14.5 Å². The number of rotatable bonds is 22. The van der Waals surface area contributed by atoms with Gasteiger partial charge in [-0.25, -0.2) is 19.0 Å². The third kappa shape index (κ3) is 12.1. The summed E-state index contributed by atoms with van der Waals surface area (Å²) >= 11 is 0. The zero-order valence-corrected chi connectivity index (χ0v) is 44.4. The molecule has 0 saturated carbocycles. The number of hydrogen-bond donors (Lipinski definition) is 7. The molecule has 2 aromatic carbocycles. The third-order valence-corrected chi connectivity index (χ3v) is 14.8. The van der Waals surface area contributed by atoms with Crippen LogP contribution in [0.25, 0.3) is 22.3 Å². The minimum Gasteiger partial charge on any atom is -0.481 e. The fraction of sp³-hybridized carbons (Fsp3) is 0.446. The number of hydrogen-bond acceptors (Lipinski definition) is 14. The number of fused-ring (bicyclic) bond motifs is 5. The second-order valence-corrected chi connectivity index (χ2v) is 20.7. The maximum Gasteiger partial charge on any atom is 0.407 e. The van der Waals surface area contributed by atoms with Gasteiger partial charge in [-0.2, -0.15) is 0 Å². The molecule has 8 rings (SSSR count). The average Bonchev–Trinajstić information content (AvgIpc) is 4.21. The van der Waals surface area contributed by atoms with Gasteiger partial charge in [0.25, 0.3) is 17.4 Å². The van der Waals surface area contributed by atoms with Gasteiger partial charge in [-0.05, 0) is 98.7 Å². The maximum absolute atomic E-state index is 15.4. The zero-order valence-electron chi connectivity index (χ0n) is 44.4. The monoisotopic (exact) mass is 1090 g/mol. The molecule has 2 aromatic heterocycles. The molecule has 3 aliphatic heterocycles. The van der Waals surface area contributed by atoms with Crippen molar-refractivity contribution in [3.63, 3.8) is 0 Å². The highest BCUT2D eigenvalue weighted by Crippen LogP contribution is 2.46. The first kappa shape index (κ1) is 56.9. The van der Waals surface area contributed by atoms with E-state index < -0.39 is 107 Å². The molecule has 7 N–H and O–H groups in total. The van der Waals surface area contributed by atoms with Crippen LogP contribution in [-0.2, 0) is 79.6 Å². The number of nitrogens with zero attached hydrogens (tertiary/aromatic N) is 3. The molecular weight excluding hydrogens is 1030 g/mol. The van der Waals surface area contributed by atoms with Crippen LogP contribution < -0.4 is 32.1 Å². The molecule has 1 aliphatic carbocycles. The summed E-state index contributed by atoms with van der Waals surface area (Å²) in [7, 11) is 0. The summed E-state index contributed by atoms with van der Waals surface area (Å²) in [6, 6.07) is 5.07. The number of unbranched alkanes of at least 4 members (excludes halogenated alkanes) is 2. The lowest BCUT2D eigenvalue weighted by atomic mass is 9.81. The van der Waals surface area contributed by atoms with E-state index in [1.165, 1.54) is 29.7 Å². The Labute approximate surface area is 452 Å². The van der Waals surface area contributed by atoms with Gasteiger partial charge in [-0.15, -0.1) is 0 Å². The molecular formula is C56H63FN8O14. The van der Waals surface area contributed by atoms with Crippen LogP contribution in [0, 0.1) is 18.7 Å². The highest BCUT2D eigenvalue weighted by molar-refractivity contribution is 6.12. The van der Waals surface area contributed by atoms with Crippen molar-refractivity contribution >= 4 is 70.1 Å². The van der Waals surface area contributed by atoms with Crippen molar-refractivity contribution in [2.75, 3.05) is 11.9 Å². The molecule has 22 nitrogen and oxygen atoms in total. The Morgan fingerprint density at radius 2 is 1.62 bits per heavy atom. The van der Waals surface area contributed by atoms with E-state index in [1.54, 1.807) is 58.0 Å². The van der Waals surface area contributed by atoms with Crippen LogP contribution in [0.2, 0.25) is 0 Å².